The summed E-state index contributed by atoms with van der Waals surface area (Å²) in [5, 5.41) is 5.15. The molecule has 9 nitrogen and oxygen atoms in total. The van der Waals surface area contributed by atoms with E-state index in [0.29, 0.717) is 22.7 Å². The third-order valence-corrected chi connectivity index (χ3v) is 3.65. The van der Waals surface area contributed by atoms with Crippen molar-refractivity contribution in [3.05, 3.63) is 29.8 Å². The third kappa shape index (κ3) is 3.88. The Morgan fingerprint density at radius 2 is 1.81 bits per heavy atom. The van der Waals surface area contributed by atoms with E-state index in [9.17, 15) is 24.0 Å². The van der Waals surface area contributed by atoms with E-state index in [1.807, 2.05) is 0 Å². The van der Waals surface area contributed by atoms with Crippen LogP contribution in [0, 0.1) is 0 Å². The number of carbonyl (C=O) groups excluding carboxylic acids is 5. The van der Waals surface area contributed by atoms with Crippen molar-refractivity contribution in [1.29, 1.82) is 0 Å². The maximum absolute atomic E-state index is 12.2. The number of anilines is 1. The van der Waals surface area contributed by atoms with Gasteiger partial charge in [0.25, 0.3) is 5.91 Å². The normalized spacial score (nSPS) is 14.2. The molecule has 0 saturated carbocycles. The van der Waals surface area contributed by atoms with Crippen LogP contribution in [0.25, 0.3) is 0 Å². The summed E-state index contributed by atoms with van der Waals surface area (Å²) in [5.41, 5.74) is 0.698. The smallest absolute Gasteiger partial charge is 0.334 e. The topological polar surface area (TPSA) is 116 Å². The summed E-state index contributed by atoms with van der Waals surface area (Å²) < 4.78 is 0. The molecule has 6 amide bonds. The van der Waals surface area contributed by atoms with Gasteiger partial charge in [-0.2, -0.15) is 0 Å². The SMILES string of the molecule is CCNC(=O)c1cccc(NC(=O)CN2C(=O)C(=O)N(C(C)C)C2=O)c1. The van der Waals surface area contributed by atoms with Crippen molar-refractivity contribution in [2.24, 2.45) is 0 Å². The van der Waals surface area contributed by atoms with Crippen LogP contribution in [0.4, 0.5) is 10.5 Å². The number of benzene rings is 1. The number of urea groups is 1. The standard InChI is InChI=1S/C17H20N4O5/c1-4-18-14(23)11-6-5-7-12(8-11)19-13(22)9-20-15(24)16(25)21(10(2)3)17(20)26/h5-8,10H,4,9H2,1-3H3,(H,18,23)(H,19,22). The molecule has 0 bridgehead atoms. The molecule has 0 radical (unpaired) electrons. The Morgan fingerprint density at radius 3 is 2.38 bits per heavy atom. The van der Waals surface area contributed by atoms with Gasteiger partial charge in [-0.1, -0.05) is 6.07 Å². The lowest BCUT2D eigenvalue weighted by atomic mass is 10.2. The van der Waals surface area contributed by atoms with E-state index < -0.39 is 36.3 Å². The summed E-state index contributed by atoms with van der Waals surface area (Å²) in [4.78, 5) is 61.3. The lowest BCUT2D eigenvalue weighted by molar-refractivity contribution is -0.144. The molecule has 26 heavy (non-hydrogen) atoms. The minimum atomic E-state index is -1.03. The lowest BCUT2D eigenvalue weighted by Crippen LogP contribution is -2.40. The number of carbonyl (C=O) groups is 5. The second kappa shape index (κ2) is 7.77. The second-order valence-electron chi connectivity index (χ2n) is 5.93. The third-order valence-electron chi connectivity index (χ3n) is 3.65. The molecule has 0 spiro atoms. The molecule has 1 aromatic rings. The van der Waals surface area contributed by atoms with Crippen LogP contribution in [0.2, 0.25) is 0 Å². The Kier molecular flexibility index (Phi) is 5.71. The molecule has 1 fully saturated rings. The highest BCUT2D eigenvalue weighted by Crippen LogP contribution is 2.16. The summed E-state index contributed by atoms with van der Waals surface area (Å²) in [5.74, 6) is -2.92. The molecule has 0 unspecified atom stereocenters. The Morgan fingerprint density at radius 1 is 1.12 bits per heavy atom. The number of nitrogens with one attached hydrogen (secondary N) is 2. The lowest BCUT2D eigenvalue weighted by Gasteiger charge is -2.18. The summed E-state index contributed by atoms with van der Waals surface area (Å²) >= 11 is 0. The Labute approximate surface area is 150 Å². The van der Waals surface area contributed by atoms with E-state index in [0.717, 1.165) is 4.90 Å². The first-order valence-corrected chi connectivity index (χ1v) is 8.13. The van der Waals surface area contributed by atoms with Gasteiger partial charge in [0, 0.05) is 23.8 Å². The number of hydrogen-bond acceptors (Lipinski definition) is 5. The molecule has 1 saturated heterocycles. The van der Waals surface area contributed by atoms with Gasteiger partial charge in [-0.3, -0.25) is 24.1 Å². The fourth-order valence-electron chi connectivity index (χ4n) is 2.46. The molecular formula is C17H20N4O5. The van der Waals surface area contributed by atoms with Gasteiger partial charge in [-0.05, 0) is 39.0 Å². The van der Waals surface area contributed by atoms with E-state index in [1.54, 1.807) is 39.0 Å². The predicted molar refractivity (Wildman–Crippen MR) is 92.2 cm³/mol. The first-order valence-electron chi connectivity index (χ1n) is 8.13. The van der Waals surface area contributed by atoms with Crippen LogP contribution >= 0.6 is 0 Å². The zero-order chi connectivity index (χ0) is 19.4. The summed E-state index contributed by atoms with van der Waals surface area (Å²) in [6, 6.07) is 4.92. The van der Waals surface area contributed by atoms with Crippen LogP contribution in [0.5, 0.6) is 0 Å². The molecular weight excluding hydrogens is 340 g/mol. The zero-order valence-corrected chi connectivity index (χ0v) is 14.7. The van der Waals surface area contributed by atoms with Crippen molar-refractivity contribution >= 4 is 35.3 Å². The van der Waals surface area contributed by atoms with Crippen LogP contribution in [0.1, 0.15) is 31.1 Å². The Bertz CT molecular complexity index is 774. The summed E-state index contributed by atoms with van der Waals surface area (Å²) in [6.45, 7) is 4.86. The van der Waals surface area contributed by atoms with Gasteiger partial charge in [-0.15, -0.1) is 0 Å². The highest BCUT2D eigenvalue weighted by molar-refractivity contribution is 6.45. The molecule has 0 aromatic heterocycles. The molecule has 0 aliphatic carbocycles. The highest BCUT2D eigenvalue weighted by Gasteiger charge is 2.46. The first-order chi connectivity index (χ1) is 12.3. The number of nitrogens with zero attached hydrogens (tertiary/aromatic N) is 2. The predicted octanol–water partition coefficient (Wildman–Crippen LogP) is 0.574. The van der Waals surface area contributed by atoms with Crippen LogP contribution in [0.3, 0.4) is 0 Å². The van der Waals surface area contributed by atoms with Gasteiger partial charge in [0.05, 0.1) is 0 Å². The highest BCUT2D eigenvalue weighted by atomic mass is 16.2. The molecule has 9 heteroatoms. The average Bonchev–Trinajstić information content (AvgIpc) is 2.79. The largest absolute Gasteiger partial charge is 0.352 e. The quantitative estimate of drug-likeness (QED) is 0.568. The number of hydrogen-bond donors (Lipinski definition) is 2. The molecule has 0 atom stereocenters. The van der Waals surface area contributed by atoms with Crippen molar-refractivity contribution in [1.82, 2.24) is 15.1 Å². The van der Waals surface area contributed by atoms with Crippen molar-refractivity contribution < 1.29 is 24.0 Å². The molecule has 1 heterocycles. The minimum Gasteiger partial charge on any atom is -0.352 e. The maximum Gasteiger partial charge on any atom is 0.334 e. The van der Waals surface area contributed by atoms with E-state index in [-0.39, 0.29) is 5.91 Å². The Balaban J connectivity index is 2.06. The second-order valence-corrected chi connectivity index (χ2v) is 5.93. The van der Waals surface area contributed by atoms with Crippen LogP contribution in [-0.4, -0.2) is 58.6 Å². The Hall–Kier alpha value is -3.23. The van der Waals surface area contributed by atoms with E-state index in [1.165, 1.54) is 6.07 Å². The average molecular weight is 360 g/mol. The van der Waals surface area contributed by atoms with E-state index >= 15 is 0 Å². The van der Waals surface area contributed by atoms with E-state index in [4.69, 9.17) is 0 Å². The summed E-state index contributed by atoms with van der Waals surface area (Å²) in [7, 11) is 0. The first kappa shape index (κ1) is 19.1. The fourth-order valence-corrected chi connectivity index (χ4v) is 2.46. The van der Waals surface area contributed by atoms with Gasteiger partial charge in [0.1, 0.15) is 6.54 Å². The van der Waals surface area contributed by atoms with Gasteiger partial charge >= 0.3 is 17.8 Å². The van der Waals surface area contributed by atoms with Crippen molar-refractivity contribution in [3.8, 4) is 0 Å². The van der Waals surface area contributed by atoms with Crippen LogP contribution in [-0.2, 0) is 14.4 Å². The molecule has 1 aliphatic rings. The van der Waals surface area contributed by atoms with Crippen molar-refractivity contribution in [3.63, 3.8) is 0 Å². The zero-order valence-electron chi connectivity index (χ0n) is 14.7. The molecule has 1 aromatic carbocycles. The number of amides is 6. The van der Waals surface area contributed by atoms with Gasteiger partial charge in [0.2, 0.25) is 5.91 Å². The van der Waals surface area contributed by atoms with Crippen LogP contribution in [0.15, 0.2) is 24.3 Å². The minimum absolute atomic E-state index is 0.285. The summed E-state index contributed by atoms with van der Waals surface area (Å²) in [6.07, 6.45) is 0. The fraction of sp³-hybridized carbons (Fsp3) is 0.353. The molecule has 1 aliphatic heterocycles. The molecule has 2 N–H and O–H groups in total. The number of imide groups is 2. The number of rotatable bonds is 6. The van der Waals surface area contributed by atoms with Gasteiger partial charge in [-0.25, -0.2) is 9.69 Å². The monoisotopic (exact) mass is 360 g/mol. The molecule has 138 valence electrons. The van der Waals surface area contributed by atoms with E-state index in [2.05, 4.69) is 10.6 Å². The van der Waals surface area contributed by atoms with Gasteiger partial charge in [0.15, 0.2) is 0 Å². The van der Waals surface area contributed by atoms with Gasteiger partial charge < -0.3 is 10.6 Å². The van der Waals surface area contributed by atoms with Crippen molar-refractivity contribution in [2.75, 3.05) is 18.4 Å². The molecule has 2 rings (SSSR count). The maximum atomic E-state index is 12.2. The van der Waals surface area contributed by atoms with Crippen LogP contribution < -0.4 is 10.6 Å². The van der Waals surface area contributed by atoms with Crippen molar-refractivity contribution in [2.45, 2.75) is 26.8 Å².